The van der Waals surface area contributed by atoms with Gasteiger partial charge < -0.3 is 28.0 Å². The quantitative estimate of drug-likeness (QED) is 0.130. The molecule has 0 spiro atoms. The van der Waals surface area contributed by atoms with E-state index in [1.54, 1.807) is 28.4 Å². The van der Waals surface area contributed by atoms with E-state index in [1.807, 2.05) is 0 Å². The Morgan fingerprint density at radius 2 is 0.447 bits per heavy atom. The number of methoxy groups -OCH3 is 4. The molecule has 1 aliphatic carbocycles. The number of hydrogen-bond donors (Lipinski definition) is 0. The standard InChI is InChI=1S/C66H102O8P2/c1-59(2,3)45-33-41(34-46(55(45)69-25)60(4,5)6)75(67,42-35-47(61(7,8)9)56(70-26)48(36-42)62(10,11)12)73-53-31-29-30-32-54(53)74-76(68,43-37-49(63(13,14)15)57(71-27)50(38-43)64(16,17)18)44-39-51(65(19,20)21)58(72-28)52(40-44)66(22,23)24/h33-40,53-54H,29-32H2,1-28H3/t53-,54-/m0/s1. The summed E-state index contributed by atoms with van der Waals surface area (Å²) in [6.45, 7) is 52.1. The lowest BCUT2D eigenvalue weighted by molar-refractivity contribution is 0.0314. The van der Waals surface area contributed by atoms with Crippen molar-refractivity contribution in [3.8, 4) is 23.0 Å². The number of hydrogen-bond acceptors (Lipinski definition) is 8. The van der Waals surface area contributed by atoms with Gasteiger partial charge in [-0.15, -0.1) is 0 Å². The van der Waals surface area contributed by atoms with E-state index in [2.05, 4.69) is 215 Å². The van der Waals surface area contributed by atoms with Gasteiger partial charge in [-0.3, -0.25) is 9.13 Å². The molecule has 0 N–H and O–H groups in total. The van der Waals surface area contributed by atoms with Gasteiger partial charge in [-0.2, -0.15) is 0 Å². The zero-order valence-corrected chi connectivity index (χ0v) is 54.6. The zero-order chi connectivity index (χ0) is 58.1. The second kappa shape index (κ2) is 21.5. The zero-order valence-electron chi connectivity index (χ0n) is 52.8. The second-order valence-corrected chi connectivity index (χ2v) is 34.7. The second-order valence-electron chi connectivity index (χ2n) is 30.0. The van der Waals surface area contributed by atoms with Crippen LogP contribution in [0.15, 0.2) is 48.5 Å². The predicted octanol–water partition coefficient (Wildman–Crippen LogP) is 16.6. The molecule has 0 saturated heterocycles. The van der Waals surface area contributed by atoms with Crippen molar-refractivity contribution in [2.45, 2.75) is 247 Å². The molecule has 1 fully saturated rings. The fourth-order valence-corrected chi connectivity index (χ4v) is 15.4. The molecule has 0 radical (unpaired) electrons. The van der Waals surface area contributed by atoms with E-state index in [4.69, 9.17) is 28.0 Å². The van der Waals surface area contributed by atoms with Crippen LogP contribution in [0.25, 0.3) is 0 Å². The molecule has 8 nitrogen and oxygen atoms in total. The molecule has 0 aromatic heterocycles. The summed E-state index contributed by atoms with van der Waals surface area (Å²) in [5.74, 6) is 3.12. The molecule has 0 heterocycles. The van der Waals surface area contributed by atoms with E-state index >= 15 is 9.13 Å². The van der Waals surface area contributed by atoms with Crippen molar-refractivity contribution in [2.75, 3.05) is 28.4 Å². The average Bonchev–Trinajstić information content (AvgIpc) is 3.27. The Bertz CT molecular complexity index is 2340. The van der Waals surface area contributed by atoms with Crippen molar-refractivity contribution < 1.29 is 37.1 Å². The summed E-state index contributed by atoms with van der Waals surface area (Å²) in [6, 6.07) is 16.5. The van der Waals surface area contributed by atoms with Crippen molar-refractivity contribution in [1.82, 2.24) is 0 Å². The third kappa shape index (κ3) is 13.0. The van der Waals surface area contributed by atoms with Crippen LogP contribution in [0.3, 0.4) is 0 Å². The van der Waals surface area contributed by atoms with Gasteiger partial charge in [-0.05, 0) is 105 Å². The Kier molecular flexibility index (Phi) is 17.9. The minimum Gasteiger partial charge on any atom is -0.496 e. The van der Waals surface area contributed by atoms with Gasteiger partial charge in [0.25, 0.3) is 14.7 Å². The van der Waals surface area contributed by atoms with Crippen molar-refractivity contribution in [3.63, 3.8) is 0 Å². The normalized spacial score (nSPS) is 16.9. The summed E-state index contributed by atoms with van der Waals surface area (Å²) in [5.41, 5.74) is 4.37. The maximum Gasteiger partial charge on any atom is 0.261 e. The Hall–Kier alpha value is -3.54. The van der Waals surface area contributed by atoms with E-state index in [1.165, 1.54) is 0 Å². The molecule has 0 bridgehead atoms. The molecule has 2 atom stereocenters. The fraction of sp³-hybridized carbons (Fsp3) is 0.636. The van der Waals surface area contributed by atoms with E-state index in [0.717, 1.165) is 80.3 Å². The summed E-state index contributed by atoms with van der Waals surface area (Å²) in [4.78, 5) is 0. The van der Waals surface area contributed by atoms with Gasteiger partial charge in [0.1, 0.15) is 23.0 Å². The van der Waals surface area contributed by atoms with Crippen LogP contribution >= 0.6 is 14.7 Å². The van der Waals surface area contributed by atoms with Gasteiger partial charge in [0, 0.05) is 65.7 Å². The summed E-state index contributed by atoms with van der Waals surface area (Å²) in [6.07, 6.45) is 1.27. The van der Waals surface area contributed by atoms with Gasteiger partial charge in [0.15, 0.2) is 0 Å². The third-order valence-corrected chi connectivity index (χ3v) is 20.0. The van der Waals surface area contributed by atoms with Gasteiger partial charge in [0.2, 0.25) is 0 Å². The summed E-state index contributed by atoms with van der Waals surface area (Å²) in [7, 11) is -1.39. The lowest BCUT2D eigenvalue weighted by Gasteiger charge is -2.39. The number of ether oxygens (including phenoxy) is 4. The first-order valence-corrected chi connectivity index (χ1v) is 31.1. The third-order valence-electron chi connectivity index (χ3n) is 15.1. The maximum atomic E-state index is 17.6. The monoisotopic (exact) mass is 1080 g/mol. The van der Waals surface area contributed by atoms with Crippen LogP contribution in [-0.2, 0) is 61.5 Å². The minimum absolute atomic E-state index is 0.394. The molecule has 10 heteroatoms. The molecule has 4 aromatic carbocycles. The molecule has 1 saturated carbocycles. The summed E-state index contributed by atoms with van der Waals surface area (Å²) >= 11 is 0. The topological polar surface area (TPSA) is 89.5 Å². The van der Waals surface area contributed by atoms with Crippen LogP contribution < -0.4 is 40.2 Å². The van der Waals surface area contributed by atoms with Crippen LogP contribution in [0.5, 0.6) is 23.0 Å². The highest BCUT2D eigenvalue weighted by molar-refractivity contribution is 7.74. The number of rotatable bonds is 12. The van der Waals surface area contributed by atoms with Crippen LogP contribution in [-0.4, -0.2) is 40.6 Å². The minimum atomic E-state index is -4.14. The summed E-state index contributed by atoms with van der Waals surface area (Å²) in [5, 5.41) is 2.33. The lowest BCUT2D eigenvalue weighted by atomic mass is 9.79. The fourth-order valence-electron chi connectivity index (χ4n) is 10.7. The van der Waals surface area contributed by atoms with Crippen LogP contribution in [0.4, 0.5) is 0 Å². The van der Waals surface area contributed by atoms with Gasteiger partial charge >= 0.3 is 0 Å². The first kappa shape index (κ1) is 63.3. The van der Waals surface area contributed by atoms with Crippen LogP contribution in [0, 0.1) is 0 Å². The van der Waals surface area contributed by atoms with Gasteiger partial charge in [-0.25, -0.2) is 0 Å². The molecular formula is C66H102O8P2. The highest BCUT2D eigenvalue weighted by Crippen LogP contribution is 2.57. The molecule has 5 rings (SSSR count). The van der Waals surface area contributed by atoms with Gasteiger partial charge in [-0.1, -0.05) is 179 Å². The Balaban J connectivity index is 1.98. The Labute approximate surface area is 462 Å². The van der Waals surface area contributed by atoms with Gasteiger partial charge in [0.05, 0.1) is 40.6 Å². The lowest BCUT2D eigenvalue weighted by Crippen LogP contribution is -2.39. The van der Waals surface area contributed by atoms with E-state index in [9.17, 15) is 0 Å². The first-order chi connectivity index (χ1) is 34.3. The van der Waals surface area contributed by atoms with Crippen LogP contribution in [0.2, 0.25) is 0 Å². The summed E-state index contributed by atoms with van der Waals surface area (Å²) < 4.78 is 75.7. The van der Waals surface area contributed by atoms with Crippen molar-refractivity contribution in [3.05, 3.63) is 93.0 Å². The van der Waals surface area contributed by atoms with Crippen LogP contribution in [0.1, 0.15) is 236 Å². The molecular weight excluding hydrogens is 983 g/mol. The van der Waals surface area contributed by atoms with E-state index in [-0.39, 0.29) is 0 Å². The number of benzene rings is 4. The molecule has 0 amide bonds. The maximum absolute atomic E-state index is 17.6. The average molecular weight is 1090 g/mol. The SMILES string of the molecule is COc1c(C(C)(C)C)cc(P(=O)(O[C@H]2CCCC[C@@H]2OP(=O)(c2cc(C(C)(C)C)c(OC)c(C(C)(C)C)c2)c2cc(C(C)(C)C)c(OC)c(C(C)(C)C)c2)c2cc(C(C)(C)C)c(OC)c(C(C)(C)C)c2)cc1C(C)(C)C. The van der Waals surface area contributed by atoms with E-state index < -0.39 is 70.3 Å². The van der Waals surface area contributed by atoms with Crippen molar-refractivity contribution >= 4 is 36.0 Å². The largest absolute Gasteiger partial charge is 0.496 e. The van der Waals surface area contributed by atoms with Crippen molar-refractivity contribution in [2.24, 2.45) is 0 Å². The first-order valence-electron chi connectivity index (χ1n) is 27.8. The van der Waals surface area contributed by atoms with Crippen molar-refractivity contribution in [1.29, 1.82) is 0 Å². The highest BCUT2D eigenvalue weighted by atomic mass is 31.2. The molecule has 0 unspecified atom stereocenters. The molecule has 1 aliphatic rings. The molecule has 424 valence electrons. The Morgan fingerprint density at radius 1 is 0.303 bits per heavy atom. The predicted molar refractivity (Wildman–Crippen MR) is 324 cm³/mol. The highest BCUT2D eigenvalue weighted by Gasteiger charge is 2.46. The molecule has 0 aliphatic heterocycles. The van der Waals surface area contributed by atoms with E-state index in [0.29, 0.717) is 34.1 Å². The Morgan fingerprint density at radius 3 is 0.566 bits per heavy atom. The molecule has 76 heavy (non-hydrogen) atoms. The smallest absolute Gasteiger partial charge is 0.261 e. The molecule has 4 aromatic rings.